The Morgan fingerprint density at radius 3 is 2.68 bits per heavy atom. The van der Waals surface area contributed by atoms with E-state index in [1.807, 2.05) is 13.8 Å². The molecule has 0 saturated carbocycles. The van der Waals surface area contributed by atoms with Gasteiger partial charge in [0.1, 0.15) is 5.25 Å². The molecule has 0 fully saturated rings. The Kier molecular flexibility index (Phi) is 5.88. The number of anilines is 1. The topological polar surface area (TPSA) is 92.4 Å². The Bertz CT molecular complexity index is 445. The summed E-state index contributed by atoms with van der Waals surface area (Å²) in [6.45, 7) is 5.71. The summed E-state index contributed by atoms with van der Waals surface area (Å²) < 4.78 is 4.97. The number of rotatable bonds is 7. The van der Waals surface area contributed by atoms with Crippen LogP contribution in [0.15, 0.2) is 10.6 Å². The van der Waals surface area contributed by atoms with Crippen LogP contribution in [0.1, 0.15) is 38.8 Å². The van der Waals surface area contributed by atoms with Crippen molar-refractivity contribution in [1.82, 2.24) is 5.16 Å². The molecule has 0 saturated heterocycles. The largest absolute Gasteiger partial charge is 0.480 e. The van der Waals surface area contributed by atoms with Gasteiger partial charge in [-0.05, 0) is 12.3 Å². The zero-order valence-electron chi connectivity index (χ0n) is 11.2. The number of nitrogens with zero attached hydrogens (tertiary/aromatic N) is 1. The van der Waals surface area contributed by atoms with Gasteiger partial charge in [-0.15, -0.1) is 11.8 Å². The van der Waals surface area contributed by atoms with Crippen molar-refractivity contribution >= 4 is 29.5 Å². The van der Waals surface area contributed by atoms with Gasteiger partial charge in [0.25, 0.3) is 0 Å². The van der Waals surface area contributed by atoms with Crippen molar-refractivity contribution in [2.75, 3.05) is 11.1 Å². The number of aliphatic carboxylic acids is 1. The van der Waals surface area contributed by atoms with Gasteiger partial charge < -0.3 is 9.63 Å². The van der Waals surface area contributed by atoms with Gasteiger partial charge >= 0.3 is 5.97 Å². The van der Waals surface area contributed by atoms with Crippen molar-refractivity contribution < 1.29 is 19.2 Å². The van der Waals surface area contributed by atoms with E-state index in [0.717, 1.165) is 17.5 Å². The first kappa shape index (κ1) is 15.6. The summed E-state index contributed by atoms with van der Waals surface area (Å²) in [6.07, 6.45) is 0.479. The summed E-state index contributed by atoms with van der Waals surface area (Å²) in [7, 11) is 0. The molecule has 1 aromatic heterocycles. The van der Waals surface area contributed by atoms with Gasteiger partial charge in [0, 0.05) is 6.07 Å². The average Bonchev–Trinajstić information content (AvgIpc) is 2.78. The van der Waals surface area contributed by atoms with Crippen LogP contribution in [-0.2, 0) is 9.59 Å². The summed E-state index contributed by atoms with van der Waals surface area (Å²) in [5.74, 6) is -0.612. The molecular formula is C12H18N2O4S. The quantitative estimate of drug-likeness (QED) is 0.799. The minimum absolute atomic E-state index is 0.0719. The number of hydrogen-bond donors (Lipinski definition) is 2. The van der Waals surface area contributed by atoms with Crippen molar-refractivity contribution in [3.8, 4) is 0 Å². The molecule has 0 bridgehead atoms. The van der Waals surface area contributed by atoms with E-state index in [2.05, 4.69) is 10.5 Å². The summed E-state index contributed by atoms with van der Waals surface area (Å²) >= 11 is 1.10. The van der Waals surface area contributed by atoms with Crippen LogP contribution in [0, 0.1) is 0 Å². The fourth-order valence-corrected chi connectivity index (χ4v) is 2.14. The molecule has 1 amide bonds. The monoisotopic (exact) mass is 286 g/mol. The lowest BCUT2D eigenvalue weighted by molar-refractivity contribution is -0.136. The molecular weight excluding hydrogens is 268 g/mol. The molecule has 0 aliphatic rings. The van der Waals surface area contributed by atoms with Gasteiger partial charge in [-0.1, -0.05) is 25.9 Å². The molecule has 19 heavy (non-hydrogen) atoms. The normalized spacial score (nSPS) is 12.4. The standard InChI is InChI=1S/C12H18N2O4S/c1-4-9(12(16)17)19-6-10(15)13-11-5-8(7(2)3)14-18-11/h5,7,9H,4,6H2,1-3H3,(H,13,15)(H,16,17). The molecule has 2 N–H and O–H groups in total. The van der Waals surface area contributed by atoms with E-state index in [9.17, 15) is 9.59 Å². The smallest absolute Gasteiger partial charge is 0.316 e. The zero-order chi connectivity index (χ0) is 14.4. The summed E-state index contributed by atoms with van der Waals surface area (Å²) in [6, 6.07) is 1.67. The van der Waals surface area contributed by atoms with Crippen molar-refractivity contribution in [1.29, 1.82) is 0 Å². The first-order valence-corrected chi connectivity index (χ1v) is 7.09. The van der Waals surface area contributed by atoms with E-state index in [4.69, 9.17) is 9.63 Å². The number of carbonyl (C=O) groups is 2. The SMILES string of the molecule is CCC(SCC(=O)Nc1cc(C(C)C)no1)C(=O)O. The first-order valence-electron chi connectivity index (χ1n) is 6.04. The Labute approximate surface area is 115 Å². The maximum atomic E-state index is 11.6. The number of carboxylic acid groups (broad SMARTS) is 1. The van der Waals surface area contributed by atoms with E-state index in [-0.39, 0.29) is 23.5 Å². The Balaban J connectivity index is 2.44. The Morgan fingerprint density at radius 1 is 1.53 bits per heavy atom. The molecule has 106 valence electrons. The van der Waals surface area contributed by atoms with Crippen LogP contribution in [0.4, 0.5) is 5.88 Å². The van der Waals surface area contributed by atoms with Crippen LogP contribution >= 0.6 is 11.8 Å². The molecule has 0 spiro atoms. The number of carbonyl (C=O) groups excluding carboxylic acids is 1. The molecule has 6 nitrogen and oxygen atoms in total. The lowest BCUT2D eigenvalue weighted by Crippen LogP contribution is -2.20. The molecule has 0 radical (unpaired) electrons. The first-order chi connectivity index (χ1) is 8.93. The molecule has 1 unspecified atom stereocenters. The van der Waals surface area contributed by atoms with Gasteiger partial charge in [0.15, 0.2) is 0 Å². The number of aromatic nitrogens is 1. The molecule has 0 aromatic carbocycles. The minimum Gasteiger partial charge on any atom is -0.480 e. The van der Waals surface area contributed by atoms with Crippen LogP contribution in [0.3, 0.4) is 0 Å². The highest BCUT2D eigenvalue weighted by atomic mass is 32.2. The summed E-state index contributed by atoms with van der Waals surface area (Å²) in [5, 5.41) is 14.7. The maximum absolute atomic E-state index is 11.6. The highest BCUT2D eigenvalue weighted by molar-refractivity contribution is 8.01. The second-order valence-electron chi connectivity index (χ2n) is 4.37. The molecule has 0 aliphatic carbocycles. The predicted molar refractivity (Wildman–Crippen MR) is 73.4 cm³/mol. The van der Waals surface area contributed by atoms with Gasteiger partial charge in [-0.25, -0.2) is 0 Å². The third kappa shape index (κ3) is 4.94. The van der Waals surface area contributed by atoms with Crippen LogP contribution in [0.25, 0.3) is 0 Å². The van der Waals surface area contributed by atoms with Crippen LogP contribution in [0.2, 0.25) is 0 Å². The number of amides is 1. The van der Waals surface area contributed by atoms with E-state index < -0.39 is 11.2 Å². The molecule has 1 aromatic rings. The zero-order valence-corrected chi connectivity index (χ0v) is 12.0. The Hall–Kier alpha value is -1.50. The van der Waals surface area contributed by atoms with E-state index in [1.54, 1.807) is 13.0 Å². The van der Waals surface area contributed by atoms with Crippen molar-refractivity contribution in [3.63, 3.8) is 0 Å². The van der Waals surface area contributed by atoms with E-state index >= 15 is 0 Å². The molecule has 1 atom stereocenters. The fourth-order valence-electron chi connectivity index (χ4n) is 1.33. The van der Waals surface area contributed by atoms with Crippen LogP contribution < -0.4 is 5.32 Å². The lowest BCUT2D eigenvalue weighted by atomic mass is 10.1. The van der Waals surface area contributed by atoms with Crippen molar-refractivity contribution in [3.05, 3.63) is 11.8 Å². The molecule has 1 heterocycles. The molecule has 7 heteroatoms. The fraction of sp³-hybridized carbons (Fsp3) is 0.583. The lowest BCUT2D eigenvalue weighted by Gasteiger charge is -2.08. The Morgan fingerprint density at radius 2 is 2.21 bits per heavy atom. The van der Waals surface area contributed by atoms with Crippen LogP contribution in [0.5, 0.6) is 0 Å². The summed E-state index contributed by atoms with van der Waals surface area (Å²) in [5.41, 5.74) is 0.764. The second kappa shape index (κ2) is 7.18. The number of thioether (sulfide) groups is 1. The van der Waals surface area contributed by atoms with Gasteiger partial charge in [-0.3, -0.25) is 14.9 Å². The number of nitrogens with one attached hydrogen (secondary N) is 1. The maximum Gasteiger partial charge on any atom is 0.316 e. The molecule has 0 aliphatic heterocycles. The molecule has 1 rings (SSSR count). The van der Waals surface area contributed by atoms with Gasteiger partial charge in [-0.2, -0.15) is 0 Å². The van der Waals surface area contributed by atoms with Gasteiger partial charge in [0.2, 0.25) is 11.8 Å². The van der Waals surface area contributed by atoms with Crippen LogP contribution in [-0.4, -0.2) is 33.1 Å². The van der Waals surface area contributed by atoms with E-state index in [0.29, 0.717) is 6.42 Å². The second-order valence-corrected chi connectivity index (χ2v) is 5.56. The number of carboxylic acids is 1. The minimum atomic E-state index is -0.901. The summed E-state index contributed by atoms with van der Waals surface area (Å²) in [4.78, 5) is 22.4. The third-order valence-electron chi connectivity index (χ3n) is 2.44. The highest BCUT2D eigenvalue weighted by Gasteiger charge is 2.18. The predicted octanol–water partition coefficient (Wildman–Crippen LogP) is 2.33. The van der Waals surface area contributed by atoms with Crippen molar-refractivity contribution in [2.45, 2.75) is 38.4 Å². The van der Waals surface area contributed by atoms with Gasteiger partial charge in [0.05, 0.1) is 11.4 Å². The number of hydrogen-bond acceptors (Lipinski definition) is 5. The third-order valence-corrected chi connectivity index (χ3v) is 3.81. The average molecular weight is 286 g/mol. The highest BCUT2D eigenvalue weighted by Crippen LogP contribution is 2.19. The van der Waals surface area contributed by atoms with E-state index in [1.165, 1.54) is 0 Å². The van der Waals surface area contributed by atoms with Crippen molar-refractivity contribution in [2.24, 2.45) is 0 Å².